The summed E-state index contributed by atoms with van der Waals surface area (Å²) in [6, 6.07) is 0. The van der Waals surface area contributed by atoms with Crippen molar-refractivity contribution in [3.8, 4) is 0 Å². The summed E-state index contributed by atoms with van der Waals surface area (Å²) in [7, 11) is 0. The number of aliphatic hydroxyl groups is 2. The Morgan fingerprint density at radius 2 is 2.12 bits per heavy atom. The maximum atomic E-state index is 11.1. The van der Waals surface area contributed by atoms with Gasteiger partial charge < -0.3 is 14.9 Å². The maximum absolute atomic E-state index is 11.1. The number of esters is 1. The number of fused-ring (bicyclic) bond motifs is 2. The van der Waals surface area contributed by atoms with Gasteiger partial charge in [0.15, 0.2) is 0 Å². The fourth-order valence-electron chi connectivity index (χ4n) is 3.74. The first-order valence-electron chi connectivity index (χ1n) is 5.81. The Kier molecular flexibility index (Phi) is 2.55. The van der Waals surface area contributed by atoms with Gasteiger partial charge in [0.2, 0.25) is 0 Å². The van der Waals surface area contributed by atoms with Crippen LogP contribution >= 0.6 is 0 Å². The molecule has 0 spiro atoms. The van der Waals surface area contributed by atoms with Crippen molar-refractivity contribution in [3.63, 3.8) is 0 Å². The molecule has 92 valence electrons. The summed E-state index contributed by atoms with van der Waals surface area (Å²) in [6.07, 6.45) is 0.713. The van der Waals surface area contributed by atoms with Crippen LogP contribution in [-0.2, 0) is 9.53 Å². The van der Waals surface area contributed by atoms with E-state index >= 15 is 0 Å². The van der Waals surface area contributed by atoms with Crippen molar-refractivity contribution in [3.05, 3.63) is 0 Å². The summed E-state index contributed by atoms with van der Waals surface area (Å²) in [5, 5.41) is 19.5. The van der Waals surface area contributed by atoms with Gasteiger partial charge in [0.25, 0.3) is 0 Å². The lowest BCUT2D eigenvalue weighted by Gasteiger charge is -2.39. The van der Waals surface area contributed by atoms with Crippen LogP contribution in [-0.4, -0.2) is 35.0 Å². The molecule has 4 nitrogen and oxygen atoms in total. The second-order valence-corrected chi connectivity index (χ2v) is 5.70. The van der Waals surface area contributed by atoms with Crippen molar-refractivity contribution in [1.29, 1.82) is 0 Å². The third-order valence-corrected chi connectivity index (χ3v) is 5.04. The van der Waals surface area contributed by atoms with Crippen LogP contribution in [0, 0.1) is 16.7 Å². The van der Waals surface area contributed by atoms with Crippen LogP contribution < -0.4 is 0 Å². The monoisotopic (exact) mass is 228 g/mol. The fraction of sp³-hybridized carbons (Fsp3) is 0.917. The summed E-state index contributed by atoms with van der Waals surface area (Å²) in [5.74, 6) is -0.250. The zero-order valence-corrected chi connectivity index (χ0v) is 10.1. The Morgan fingerprint density at radius 1 is 1.50 bits per heavy atom. The molecule has 2 aliphatic rings. The lowest BCUT2D eigenvalue weighted by Crippen LogP contribution is -2.41. The summed E-state index contributed by atoms with van der Waals surface area (Å²) >= 11 is 0. The zero-order valence-electron chi connectivity index (χ0n) is 10.1. The first-order chi connectivity index (χ1) is 7.35. The molecule has 0 radical (unpaired) electrons. The Balaban J connectivity index is 2.30. The molecule has 0 aromatic carbocycles. The van der Waals surface area contributed by atoms with E-state index in [2.05, 4.69) is 0 Å². The fourth-order valence-corrected chi connectivity index (χ4v) is 3.74. The molecule has 16 heavy (non-hydrogen) atoms. The van der Waals surface area contributed by atoms with Crippen molar-refractivity contribution in [2.24, 2.45) is 16.7 Å². The average molecular weight is 228 g/mol. The van der Waals surface area contributed by atoms with Gasteiger partial charge in [-0.1, -0.05) is 13.8 Å². The third kappa shape index (κ3) is 1.26. The van der Waals surface area contributed by atoms with E-state index < -0.39 is 0 Å². The molecule has 0 aromatic heterocycles. The van der Waals surface area contributed by atoms with Crippen molar-refractivity contribution < 1.29 is 19.7 Å². The van der Waals surface area contributed by atoms with Crippen LogP contribution in [0.25, 0.3) is 0 Å². The molecular weight excluding hydrogens is 208 g/mol. The average Bonchev–Trinajstić information content (AvgIpc) is 2.49. The van der Waals surface area contributed by atoms with Gasteiger partial charge in [-0.2, -0.15) is 0 Å². The number of carbonyl (C=O) groups is 1. The quantitative estimate of drug-likeness (QED) is 0.683. The number of carbonyl (C=O) groups excluding carboxylic acids is 1. The molecular formula is C12H20O4. The first kappa shape index (κ1) is 11.9. The summed E-state index contributed by atoms with van der Waals surface area (Å²) in [5.41, 5.74) is -0.649. The highest BCUT2D eigenvalue weighted by Gasteiger charge is 2.68. The Hall–Kier alpha value is -0.610. The second kappa shape index (κ2) is 3.44. The predicted molar refractivity (Wildman–Crippen MR) is 57.6 cm³/mol. The summed E-state index contributed by atoms with van der Waals surface area (Å²) < 4.78 is 5.33. The number of ether oxygens (including phenoxy) is 1. The lowest BCUT2D eigenvalue weighted by molar-refractivity contribution is -0.156. The van der Waals surface area contributed by atoms with Crippen LogP contribution in [0.5, 0.6) is 0 Å². The molecule has 0 amide bonds. The van der Waals surface area contributed by atoms with Gasteiger partial charge in [0.05, 0.1) is 6.10 Å². The molecule has 2 N–H and O–H groups in total. The molecule has 2 rings (SSSR count). The molecule has 2 bridgehead atoms. The van der Waals surface area contributed by atoms with E-state index in [0.29, 0.717) is 12.8 Å². The minimum absolute atomic E-state index is 0.0307. The summed E-state index contributed by atoms with van der Waals surface area (Å²) in [6.45, 7) is 5.43. The second-order valence-electron chi connectivity index (χ2n) is 5.70. The van der Waals surface area contributed by atoms with Crippen molar-refractivity contribution >= 4 is 5.97 Å². The largest absolute Gasteiger partial charge is 0.462 e. The van der Waals surface area contributed by atoms with Crippen molar-refractivity contribution in [2.75, 3.05) is 6.61 Å². The van der Waals surface area contributed by atoms with E-state index in [1.807, 2.05) is 13.8 Å². The highest BCUT2D eigenvalue weighted by atomic mass is 16.5. The van der Waals surface area contributed by atoms with Gasteiger partial charge in [-0.05, 0) is 18.8 Å². The van der Waals surface area contributed by atoms with E-state index in [4.69, 9.17) is 4.74 Å². The lowest BCUT2D eigenvalue weighted by atomic mass is 9.69. The highest BCUT2D eigenvalue weighted by Crippen LogP contribution is 2.66. The van der Waals surface area contributed by atoms with Crippen LogP contribution in [0.4, 0.5) is 0 Å². The van der Waals surface area contributed by atoms with E-state index in [9.17, 15) is 15.0 Å². The van der Waals surface area contributed by atoms with Gasteiger partial charge in [-0.15, -0.1) is 0 Å². The molecule has 0 heterocycles. The van der Waals surface area contributed by atoms with Gasteiger partial charge in [-0.25, -0.2) is 0 Å². The number of hydrogen-bond donors (Lipinski definition) is 2. The van der Waals surface area contributed by atoms with Crippen LogP contribution in [0.3, 0.4) is 0 Å². The topological polar surface area (TPSA) is 66.8 Å². The van der Waals surface area contributed by atoms with E-state index in [0.717, 1.165) is 0 Å². The minimum Gasteiger partial charge on any atom is -0.462 e. The SMILES string of the molecule is CC(=O)O[C@@H]1C[C@@H]2[C@@H](O)C[C@@]1(C)[C@]2(C)CO. The maximum Gasteiger partial charge on any atom is 0.302 e. The molecule has 0 saturated heterocycles. The molecule has 0 aromatic rings. The Morgan fingerprint density at radius 3 is 2.56 bits per heavy atom. The number of rotatable bonds is 2. The van der Waals surface area contributed by atoms with Crippen LogP contribution in [0.1, 0.15) is 33.6 Å². The standard InChI is InChI=1S/C12H20O4/c1-7(14)16-10-4-8-9(15)5-11(10,2)12(8,3)6-13/h8-10,13,15H,4-6H2,1-3H3/t8-,9+,10-,11-,12-/m1/s1. The van der Waals surface area contributed by atoms with E-state index in [1.54, 1.807) is 0 Å². The van der Waals surface area contributed by atoms with Crippen molar-refractivity contribution in [1.82, 2.24) is 0 Å². The Bertz CT molecular complexity index is 316. The molecule has 0 aliphatic heterocycles. The number of aliphatic hydroxyl groups excluding tert-OH is 2. The first-order valence-corrected chi connectivity index (χ1v) is 5.81. The molecule has 5 atom stereocenters. The normalized spacial score (nSPS) is 50.7. The zero-order chi connectivity index (χ0) is 12.1. The molecule has 2 aliphatic carbocycles. The smallest absolute Gasteiger partial charge is 0.302 e. The van der Waals surface area contributed by atoms with Crippen molar-refractivity contribution in [2.45, 2.75) is 45.8 Å². The van der Waals surface area contributed by atoms with Crippen LogP contribution in [0.2, 0.25) is 0 Å². The van der Waals surface area contributed by atoms with Gasteiger partial charge in [0.1, 0.15) is 6.10 Å². The summed E-state index contributed by atoms with van der Waals surface area (Å²) in [4.78, 5) is 11.1. The number of hydrogen-bond acceptors (Lipinski definition) is 4. The van der Waals surface area contributed by atoms with Gasteiger partial charge in [-0.3, -0.25) is 4.79 Å². The van der Waals surface area contributed by atoms with Gasteiger partial charge in [0, 0.05) is 24.4 Å². The predicted octanol–water partition coefficient (Wildman–Crippen LogP) is 0.708. The van der Waals surface area contributed by atoms with E-state index in [1.165, 1.54) is 6.92 Å². The molecule has 2 fully saturated rings. The van der Waals surface area contributed by atoms with E-state index in [-0.39, 0.29) is 41.5 Å². The molecule has 2 saturated carbocycles. The highest BCUT2D eigenvalue weighted by molar-refractivity contribution is 5.66. The minimum atomic E-state index is -0.381. The molecule has 0 unspecified atom stereocenters. The van der Waals surface area contributed by atoms with Gasteiger partial charge >= 0.3 is 5.97 Å². The Labute approximate surface area is 95.6 Å². The van der Waals surface area contributed by atoms with Crippen LogP contribution in [0.15, 0.2) is 0 Å². The third-order valence-electron chi connectivity index (χ3n) is 5.04. The molecule has 4 heteroatoms.